The molecule has 0 aliphatic carbocycles. The number of hydrogen-bond donors (Lipinski definition) is 0. The molecule has 2 aromatic heterocycles. The molecule has 0 amide bonds. The summed E-state index contributed by atoms with van der Waals surface area (Å²) in [5.74, 6) is 0. The minimum Gasteiger partial charge on any atom is -0.242 e. The predicted octanol–water partition coefficient (Wildman–Crippen LogP) is 1.74. The molecule has 0 aromatic carbocycles. The molecule has 2 heterocycles. The highest BCUT2D eigenvalue weighted by Gasteiger charge is 1.97. The lowest BCUT2D eigenvalue weighted by atomic mass is 9.73. The van der Waals surface area contributed by atoms with Crippen molar-refractivity contribution in [3.05, 3.63) is 30.6 Å². The van der Waals surface area contributed by atoms with Gasteiger partial charge >= 0.3 is 0 Å². The summed E-state index contributed by atoms with van der Waals surface area (Å²) in [4.78, 5) is 0. The molecule has 1 radical (unpaired) electrons. The van der Waals surface area contributed by atoms with Crippen LogP contribution in [0.4, 0.5) is 0 Å². The monoisotopic (exact) mass is 173 g/mol. The summed E-state index contributed by atoms with van der Waals surface area (Å²) >= 11 is 0. The lowest BCUT2D eigenvalue weighted by Crippen LogP contribution is -2.13. The number of aromatic nitrogens is 2. The molecule has 2 nitrogen and oxygen atoms in total. The maximum atomic E-state index is 4.12. The van der Waals surface area contributed by atoms with Gasteiger partial charge in [0.05, 0.1) is 5.52 Å². The maximum Gasteiger partial charge on any atom is 0.151 e. The lowest BCUT2D eigenvalue weighted by molar-refractivity contribution is 0.964. The van der Waals surface area contributed by atoms with Crippen molar-refractivity contribution in [2.45, 2.75) is 20.7 Å². The summed E-state index contributed by atoms with van der Waals surface area (Å²) in [6.45, 7) is 6.03. The molecule has 0 N–H and O–H groups in total. The van der Waals surface area contributed by atoms with Gasteiger partial charge in [-0.05, 0) is 12.1 Å². The number of pyridine rings is 1. The second kappa shape index (κ2) is 4.70. The number of fused-ring (bicyclic) bond motifs is 1. The van der Waals surface area contributed by atoms with Crippen molar-refractivity contribution in [3.8, 4) is 0 Å². The average molecular weight is 173 g/mol. The van der Waals surface area contributed by atoms with Crippen LogP contribution in [0, 0.1) is 0 Å². The standard InChI is InChI=1S/C8H8BN2.C2H6/c1-9-7-3-2-6-11-8(7)4-5-10-11;1-2/h2-6H,1H3;1-2H3. The summed E-state index contributed by atoms with van der Waals surface area (Å²) in [7, 11) is 2.08. The smallest absolute Gasteiger partial charge is 0.151 e. The highest BCUT2D eigenvalue weighted by atomic mass is 15.2. The third kappa shape index (κ3) is 1.91. The van der Waals surface area contributed by atoms with Gasteiger partial charge in [0.2, 0.25) is 0 Å². The normalized spacial score (nSPS) is 9.15. The van der Waals surface area contributed by atoms with Crippen LogP contribution < -0.4 is 5.46 Å². The molecule has 0 atom stereocenters. The molecule has 0 aliphatic heterocycles. The topological polar surface area (TPSA) is 17.3 Å². The minimum absolute atomic E-state index is 1.16. The number of nitrogens with zero attached hydrogens (tertiary/aromatic N) is 2. The van der Waals surface area contributed by atoms with Gasteiger partial charge in [-0.3, -0.25) is 0 Å². The van der Waals surface area contributed by atoms with Gasteiger partial charge in [-0.2, -0.15) is 5.10 Å². The van der Waals surface area contributed by atoms with E-state index in [-0.39, 0.29) is 0 Å². The quantitative estimate of drug-likeness (QED) is 0.600. The van der Waals surface area contributed by atoms with E-state index in [2.05, 4.69) is 18.4 Å². The largest absolute Gasteiger partial charge is 0.242 e. The molecule has 2 rings (SSSR count). The molecule has 0 aliphatic rings. The van der Waals surface area contributed by atoms with Gasteiger partial charge in [0, 0.05) is 12.4 Å². The Morgan fingerprint density at radius 3 is 2.77 bits per heavy atom. The Bertz CT molecular complexity index is 368. The first-order valence-electron chi connectivity index (χ1n) is 4.63. The van der Waals surface area contributed by atoms with Crippen LogP contribution in [0.15, 0.2) is 30.6 Å². The summed E-state index contributed by atoms with van der Waals surface area (Å²) in [6.07, 6.45) is 3.75. The highest BCUT2D eigenvalue weighted by Crippen LogP contribution is 1.96. The van der Waals surface area contributed by atoms with E-state index in [4.69, 9.17) is 0 Å². The minimum atomic E-state index is 1.16. The fourth-order valence-electron chi connectivity index (χ4n) is 1.22. The maximum absolute atomic E-state index is 4.12. The first-order chi connectivity index (χ1) is 6.42. The van der Waals surface area contributed by atoms with Crippen molar-refractivity contribution in [2.24, 2.45) is 0 Å². The zero-order valence-corrected chi connectivity index (χ0v) is 8.36. The first kappa shape index (κ1) is 9.84. The summed E-state index contributed by atoms with van der Waals surface area (Å²) in [5, 5.41) is 4.12. The second-order valence-electron chi connectivity index (χ2n) is 2.41. The Balaban J connectivity index is 0.000000396. The molecule has 3 heteroatoms. The Hall–Kier alpha value is -1.25. The van der Waals surface area contributed by atoms with E-state index < -0.39 is 0 Å². The van der Waals surface area contributed by atoms with Crippen LogP contribution in [-0.2, 0) is 0 Å². The third-order valence-electron chi connectivity index (χ3n) is 1.78. The molecular formula is C10H14BN2. The fourth-order valence-corrected chi connectivity index (χ4v) is 1.22. The molecule has 2 aromatic rings. The third-order valence-corrected chi connectivity index (χ3v) is 1.78. The molecule has 67 valence electrons. The van der Waals surface area contributed by atoms with Crippen LogP contribution in [0.1, 0.15) is 13.8 Å². The Labute approximate surface area is 79.8 Å². The van der Waals surface area contributed by atoms with Gasteiger partial charge in [-0.1, -0.05) is 32.2 Å². The summed E-state index contributed by atoms with van der Waals surface area (Å²) < 4.78 is 1.87. The van der Waals surface area contributed by atoms with E-state index in [1.807, 2.05) is 49.7 Å². The molecule has 0 fully saturated rings. The van der Waals surface area contributed by atoms with Crippen LogP contribution in [0.3, 0.4) is 0 Å². The Morgan fingerprint density at radius 1 is 1.31 bits per heavy atom. The zero-order valence-electron chi connectivity index (χ0n) is 8.36. The van der Waals surface area contributed by atoms with Crippen LogP contribution in [0.25, 0.3) is 5.52 Å². The summed E-state index contributed by atoms with van der Waals surface area (Å²) in [5.41, 5.74) is 2.39. The highest BCUT2D eigenvalue weighted by molar-refractivity contribution is 6.54. The Kier molecular flexibility index (Phi) is 3.56. The van der Waals surface area contributed by atoms with Crippen molar-refractivity contribution >= 4 is 18.3 Å². The first-order valence-corrected chi connectivity index (χ1v) is 4.63. The van der Waals surface area contributed by atoms with Gasteiger partial charge in [0.1, 0.15) is 0 Å². The lowest BCUT2D eigenvalue weighted by Gasteiger charge is -1.97. The molecule has 0 spiro atoms. The van der Waals surface area contributed by atoms with Crippen molar-refractivity contribution in [1.29, 1.82) is 0 Å². The predicted molar refractivity (Wildman–Crippen MR) is 57.8 cm³/mol. The Morgan fingerprint density at radius 2 is 2.08 bits per heavy atom. The molecule has 0 saturated heterocycles. The van der Waals surface area contributed by atoms with Gasteiger partial charge in [0.25, 0.3) is 0 Å². The van der Waals surface area contributed by atoms with Gasteiger partial charge in [-0.25, -0.2) is 4.52 Å². The summed E-state index contributed by atoms with van der Waals surface area (Å²) in [6, 6.07) is 6.08. The van der Waals surface area contributed by atoms with Crippen LogP contribution in [-0.4, -0.2) is 16.9 Å². The SMILES string of the molecule is CC.C[B]c1cccn2nccc12. The van der Waals surface area contributed by atoms with Crippen LogP contribution in [0.2, 0.25) is 6.82 Å². The van der Waals surface area contributed by atoms with Crippen molar-refractivity contribution < 1.29 is 0 Å². The van der Waals surface area contributed by atoms with E-state index in [1.54, 1.807) is 0 Å². The molecule has 0 unspecified atom stereocenters. The molecule has 13 heavy (non-hydrogen) atoms. The molecule has 0 saturated carbocycles. The number of hydrogen-bond acceptors (Lipinski definition) is 1. The van der Waals surface area contributed by atoms with Crippen LogP contribution >= 0.6 is 0 Å². The van der Waals surface area contributed by atoms with E-state index in [0.29, 0.717) is 0 Å². The van der Waals surface area contributed by atoms with Crippen molar-refractivity contribution in [1.82, 2.24) is 9.61 Å². The van der Waals surface area contributed by atoms with E-state index in [9.17, 15) is 0 Å². The average Bonchev–Trinajstić information content (AvgIpc) is 2.68. The van der Waals surface area contributed by atoms with Crippen molar-refractivity contribution in [2.75, 3.05) is 0 Å². The molecular weight excluding hydrogens is 159 g/mol. The van der Waals surface area contributed by atoms with Gasteiger partial charge < -0.3 is 0 Å². The van der Waals surface area contributed by atoms with Crippen molar-refractivity contribution in [3.63, 3.8) is 0 Å². The number of rotatable bonds is 1. The zero-order chi connectivity index (χ0) is 9.68. The van der Waals surface area contributed by atoms with Crippen LogP contribution in [0.5, 0.6) is 0 Å². The second-order valence-corrected chi connectivity index (χ2v) is 2.41. The van der Waals surface area contributed by atoms with E-state index >= 15 is 0 Å². The van der Waals surface area contributed by atoms with E-state index in [1.165, 1.54) is 5.46 Å². The van der Waals surface area contributed by atoms with E-state index in [0.717, 1.165) is 5.52 Å². The molecule has 0 bridgehead atoms. The fraction of sp³-hybridized carbons (Fsp3) is 0.300. The van der Waals surface area contributed by atoms with Gasteiger partial charge in [-0.15, -0.1) is 0 Å². The van der Waals surface area contributed by atoms with Gasteiger partial charge in [0.15, 0.2) is 7.28 Å².